The zero-order valence-electron chi connectivity index (χ0n) is 16.3. The van der Waals surface area contributed by atoms with Gasteiger partial charge in [-0.25, -0.2) is 0 Å². The lowest BCUT2D eigenvalue weighted by Crippen LogP contribution is -2.62. The average Bonchev–Trinajstić information content (AvgIpc) is 2.32. The highest BCUT2D eigenvalue weighted by atomic mass is 28.5. The van der Waals surface area contributed by atoms with Gasteiger partial charge in [-0.3, -0.25) is 0 Å². The minimum atomic E-state index is -3.90. The van der Waals surface area contributed by atoms with Crippen molar-refractivity contribution in [2.75, 3.05) is 0 Å². The molecule has 1 heterocycles. The van der Waals surface area contributed by atoms with E-state index in [1.165, 1.54) is 0 Å². The molecular formula is C8H32O9Si8. The van der Waals surface area contributed by atoms with Gasteiger partial charge in [-0.05, 0) is 52.4 Å². The smallest absolute Gasteiger partial charge is 0.422 e. The van der Waals surface area contributed by atoms with Crippen molar-refractivity contribution in [1.82, 2.24) is 0 Å². The van der Waals surface area contributed by atoms with Gasteiger partial charge in [-0.15, -0.1) is 0 Å². The summed E-state index contributed by atoms with van der Waals surface area (Å²) in [5.74, 6) is 0. The van der Waals surface area contributed by atoms with Gasteiger partial charge in [0, 0.05) is 0 Å². The first kappa shape index (κ1) is 24.4. The molecule has 0 radical (unpaired) electrons. The molecule has 1 aliphatic rings. The minimum absolute atomic E-state index is 1.38. The van der Waals surface area contributed by atoms with Crippen molar-refractivity contribution in [3.8, 4) is 0 Å². The summed E-state index contributed by atoms with van der Waals surface area (Å²) in [7, 11) is -17.6. The Kier molecular flexibility index (Phi) is 11.1. The molecule has 0 aromatic rings. The first-order chi connectivity index (χ1) is 11.5. The minimum Gasteiger partial charge on any atom is -0.422 e. The second-order valence-corrected chi connectivity index (χ2v) is 26.1. The second-order valence-electron chi connectivity index (χ2n) is 6.62. The largest absolute Gasteiger partial charge is 0.650 e. The molecular weight excluding hydrogens is 465 g/mol. The van der Waals surface area contributed by atoms with Gasteiger partial charge in [-0.2, -0.15) is 0 Å². The Bertz CT molecular complexity index is 367. The summed E-state index contributed by atoms with van der Waals surface area (Å²) in [5.41, 5.74) is 0. The van der Waals surface area contributed by atoms with E-state index < -0.39 is 73.8 Å². The molecule has 1 N–H and O–H groups in total. The highest BCUT2D eigenvalue weighted by Crippen LogP contribution is 2.19. The third kappa shape index (κ3) is 10.5. The number of hydrogen-bond acceptors (Lipinski definition) is 9. The van der Waals surface area contributed by atoms with Crippen LogP contribution in [0.4, 0.5) is 0 Å². The molecule has 0 bridgehead atoms. The van der Waals surface area contributed by atoms with E-state index in [0.29, 0.717) is 0 Å². The lowest BCUT2D eigenvalue weighted by molar-refractivity contribution is 0.0751. The predicted octanol–water partition coefficient (Wildman–Crippen LogP) is -1.35. The number of rotatable bonds is 8. The quantitative estimate of drug-likeness (QED) is 0.409. The van der Waals surface area contributed by atoms with Crippen LogP contribution < -0.4 is 0 Å². The summed E-state index contributed by atoms with van der Waals surface area (Å²) in [6.45, 7) is 16.0. The molecule has 150 valence electrons. The van der Waals surface area contributed by atoms with E-state index in [9.17, 15) is 4.80 Å². The van der Waals surface area contributed by atoms with E-state index in [4.69, 9.17) is 32.9 Å². The van der Waals surface area contributed by atoms with Crippen LogP contribution in [0.1, 0.15) is 0 Å². The molecule has 17 heteroatoms. The molecule has 25 heavy (non-hydrogen) atoms. The lowest BCUT2D eigenvalue weighted by atomic mass is 11.9. The molecule has 1 aliphatic heterocycles. The van der Waals surface area contributed by atoms with E-state index in [1.807, 2.05) is 52.4 Å². The average molecular weight is 497 g/mol. The number of hydrogen-bond donors (Lipinski definition) is 1. The maximum atomic E-state index is 10.9. The van der Waals surface area contributed by atoms with E-state index in [0.717, 1.165) is 0 Å². The molecule has 0 amide bonds. The predicted molar refractivity (Wildman–Crippen MR) is 114 cm³/mol. The van der Waals surface area contributed by atoms with Crippen LogP contribution in [-0.2, 0) is 32.9 Å². The first-order valence-corrected chi connectivity index (χ1v) is 25.6. The maximum Gasteiger partial charge on any atom is 0.650 e. The van der Waals surface area contributed by atoms with Crippen LogP contribution in [0, 0.1) is 0 Å². The lowest BCUT2D eigenvalue weighted by Gasteiger charge is -2.37. The van der Waals surface area contributed by atoms with E-state index in [-0.39, 0.29) is 0 Å². The first-order valence-electron chi connectivity index (χ1n) is 8.52. The summed E-state index contributed by atoms with van der Waals surface area (Å²) >= 11 is 0. The Labute approximate surface area is 163 Å². The molecule has 0 aromatic carbocycles. The Hall–Kier alpha value is 1.38. The fourth-order valence-corrected chi connectivity index (χ4v) is 22.1. The molecule has 0 spiro atoms. The van der Waals surface area contributed by atoms with Crippen molar-refractivity contribution in [2.24, 2.45) is 0 Å². The standard InChI is InChI=1S/C8H32O9Si8/c1-18(2)10-22-13-23(11-19(3)4)16-25(9,15-21(7)8)17-24(14-22)12-20(5)6/h9,18-24H,1-8H3. The monoisotopic (exact) mass is 496 g/mol. The van der Waals surface area contributed by atoms with Crippen LogP contribution >= 0.6 is 0 Å². The van der Waals surface area contributed by atoms with Gasteiger partial charge in [0.25, 0.3) is 0 Å². The van der Waals surface area contributed by atoms with Gasteiger partial charge in [0.2, 0.25) is 0 Å². The maximum absolute atomic E-state index is 10.9. The summed E-state index contributed by atoms with van der Waals surface area (Å²) in [6.07, 6.45) is 0. The van der Waals surface area contributed by atoms with Crippen molar-refractivity contribution in [1.29, 1.82) is 0 Å². The molecule has 9 nitrogen and oxygen atoms in total. The second kappa shape index (κ2) is 11.4. The van der Waals surface area contributed by atoms with Crippen LogP contribution in [-0.4, -0.2) is 78.6 Å². The molecule has 0 aliphatic carbocycles. The molecule has 1 rings (SSSR count). The van der Waals surface area contributed by atoms with Crippen molar-refractivity contribution >= 4 is 73.8 Å². The Morgan fingerprint density at radius 3 is 1.32 bits per heavy atom. The van der Waals surface area contributed by atoms with Crippen LogP contribution in [0.15, 0.2) is 0 Å². The fraction of sp³-hybridized carbons (Fsp3) is 1.00. The van der Waals surface area contributed by atoms with Gasteiger partial charge < -0.3 is 37.7 Å². The van der Waals surface area contributed by atoms with Crippen molar-refractivity contribution in [2.45, 2.75) is 52.4 Å². The molecule has 2 atom stereocenters. The summed E-state index contributed by atoms with van der Waals surface area (Å²) in [6, 6.07) is 0. The Balaban J connectivity index is 2.99. The van der Waals surface area contributed by atoms with Crippen molar-refractivity contribution < 1.29 is 37.7 Å². The van der Waals surface area contributed by atoms with E-state index in [1.54, 1.807) is 0 Å². The molecule has 2 unspecified atom stereocenters. The summed E-state index contributed by atoms with van der Waals surface area (Å²) < 4.78 is 46.9. The third-order valence-electron chi connectivity index (χ3n) is 2.47. The normalized spacial score (nSPS) is 31.8. The van der Waals surface area contributed by atoms with Crippen LogP contribution in [0.25, 0.3) is 0 Å². The van der Waals surface area contributed by atoms with E-state index in [2.05, 4.69) is 0 Å². The summed E-state index contributed by atoms with van der Waals surface area (Å²) in [5, 5.41) is 0. The van der Waals surface area contributed by atoms with E-state index >= 15 is 0 Å². The van der Waals surface area contributed by atoms with Gasteiger partial charge in [0.05, 0.1) is 0 Å². The zero-order chi connectivity index (χ0) is 19.2. The van der Waals surface area contributed by atoms with Gasteiger partial charge in [0.15, 0.2) is 36.2 Å². The van der Waals surface area contributed by atoms with Crippen LogP contribution in [0.5, 0.6) is 0 Å². The summed E-state index contributed by atoms with van der Waals surface area (Å²) in [4.78, 5) is 10.9. The van der Waals surface area contributed by atoms with Gasteiger partial charge in [-0.1, -0.05) is 0 Å². The fourth-order valence-electron chi connectivity index (χ4n) is 1.74. The topological polar surface area (TPSA) is 94.1 Å². The highest BCUT2D eigenvalue weighted by Gasteiger charge is 2.52. The van der Waals surface area contributed by atoms with Crippen LogP contribution in [0.3, 0.4) is 0 Å². The zero-order valence-corrected chi connectivity index (χ0v) is 25.3. The van der Waals surface area contributed by atoms with Gasteiger partial charge >= 0.3 is 37.6 Å². The van der Waals surface area contributed by atoms with Gasteiger partial charge in [0.1, 0.15) is 0 Å². The Morgan fingerprint density at radius 1 is 0.640 bits per heavy atom. The SMILES string of the molecule is C[SiH](C)O[SiH]1O[SiH](O[SiH](C)C)O[Si](O)(O[SiH](C)C)O[SiH](O[SiH](C)C)O1. The van der Waals surface area contributed by atoms with Crippen LogP contribution in [0.2, 0.25) is 52.4 Å². The molecule has 1 fully saturated rings. The Morgan fingerprint density at radius 2 is 1.00 bits per heavy atom. The molecule has 0 aromatic heterocycles. The molecule has 1 saturated heterocycles. The van der Waals surface area contributed by atoms with Crippen molar-refractivity contribution in [3.63, 3.8) is 0 Å². The van der Waals surface area contributed by atoms with Crippen molar-refractivity contribution in [3.05, 3.63) is 0 Å². The highest BCUT2D eigenvalue weighted by molar-refractivity contribution is 6.79. The third-order valence-corrected chi connectivity index (χ3v) is 22.2. The molecule has 0 saturated carbocycles.